The first-order valence-electron chi connectivity index (χ1n) is 11.9. The number of aryl methyl sites for hydroxylation is 2. The van der Waals surface area contributed by atoms with Gasteiger partial charge >= 0.3 is 0 Å². The summed E-state index contributed by atoms with van der Waals surface area (Å²) >= 11 is 0. The molecule has 0 fully saturated rings. The van der Waals surface area contributed by atoms with Crippen LogP contribution < -0.4 is 15.0 Å². The van der Waals surface area contributed by atoms with Gasteiger partial charge in [-0.3, -0.25) is 14.5 Å². The van der Waals surface area contributed by atoms with Crippen LogP contribution in [0.25, 0.3) is 22.2 Å². The topological polar surface area (TPSA) is 81.4 Å². The van der Waals surface area contributed by atoms with E-state index in [4.69, 9.17) is 9.84 Å². The lowest BCUT2D eigenvalue weighted by Gasteiger charge is -2.27. The van der Waals surface area contributed by atoms with Crippen LogP contribution in [0.5, 0.6) is 5.75 Å². The van der Waals surface area contributed by atoms with Gasteiger partial charge in [0.1, 0.15) is 11.6 Å². The fourth-order valence-corrected chi connectivity index (χ4v) is 4.70. The maximum atomic E-state index is 12.7. The third-order valence-corrected chi connectivity index (χ3v) is 6.50. The first-order valence-corrected chi connectivity index (χ1v) is 11.9. The van der Waals surface area contributed by atoms with Crippen molar-refractivity contribution in [3.63, 3.8) is 0 Å². The lowest BCUT2D eigenvalue weighted by molar-refractivity contribution is -0.122. The summed E-state index contributed by atoms with van der Waals surface area (Å²) in [6.07, 6.45) is 3.39. The Balaban J connectivity index is 1.25. The smallest absolute Gasteiger partial charge is 0.229 e. The second-order valence-corrected chi connectivity index (χ2v) is 8.77. The van der Waals surface area contributed by atoms with Crippen LogP contribution in [0, 0.1) is 0 Å². The summed E-state index contributed by atoms with van der Waals surface area (Å²) in [6.45, 7) is 1.45. The standard InChI is InChI=1S/C27H29N5O3/c1-30-18-21(20-9-4-5-10-23(20)30)22-16-26-31(27(34)13-15-32(26)29-22)14-7-12-25(33)28-17-19-8-3-6-11-24(19)35-2/h3-6,8-11,16,18H,7,12-15,17H2,1-2H3,(H,28,33). The molecule has 0 bridgehead atoms. The van der Waals surface area contributed by atoms with Crippen molar-refractivity contribution in [3.8, 4) is 17.0 Å². The Hall–Kier alpha value is -4.07. The Morgan fingerprint density at radius 2 is 1.94 bits per heavy atom. The number of para-hydroxylation sites is 2. The highest BCUT2D eigenvalue weighted by atomic mass is 16.5. The number of rotatable bonds is 8. The average Bonchev–Trinajstić information content (AvgIpc) is 3.45. The number of methoxy groups -OCH3 is 1. The Kier molecular flexibility index (Phi) is 6.27. The molecule has 0 spiro atoms. The van der Waals surface area contributed by atoms with Crippen LogP contribution in [-0.2, 0) is 29.7 Å². The van der Waals surface area contributed by atoms with Crippen LogP contribution in [0.15, 0.2) is 60.8 Å². The molecule has 8 heteroatoms. The molecule has 0 atom stereocenters. The molecule has 1 aliphatic heterocycles. The van der Waals surface area contributed by atoms with E-state index in [0.717, 1.165) is 39.3 Å². The van der Waals surface area contributed by atoms with E-state index in [2.05, 4.69) is 28.2 Å². The minimum Gasteiger partial charge on any atom is -0.496 e. The minimum atomic E-state index is -0.0506. The Bertz CT molecular complexity index is 1390. The molecular weight excluding hydrogens is 442 g/mol. The van der Waals surface area contributed by atoms with E-state index < -0.39 is 0 Å². The van der Waals surface area contributed by atoms with Crippen molar-refractivity contribution in [1.29, 1.82) is 0 Å². The highest BCUT2D eigenvalue weighted by molar-refractivity contribution is 5.98. The van der Waals surface area contributed by atoms with Crippen LogP contribution in [0.3, 0.4) is 0 Å². The Labute approximate surface area is 204 Å². The number of nitrogens with zero attached hydrogens (tertiary/aromatic N) is 4. The zero-order valence-electron chi connectivity index (χ0n) is 20.0. The highest BCUT2D eigenvalue weighted by Gasteiger charge is 2.27. The largest absolute Gasteiger partial charge is 0.496 e. The summed E-state index contributed by atoms with van der Waals surface area (Å²) in [4.78, 5) is 26.9. The summed E-state index contributed by atoms with van der Waals surface area (Å²) < 4.78 is 9.33. The molecule has 3 heterocycles. The number of amides is 2. The number of aromatic nitrogens is 3. The summed E-state index contributed by atoms with van der Waals surface area (Å²) in [6, 6.07) is 17.8. The number of benzene rings is 2. The lowest BCUT2D eigenvalue weighted by atomic mass is 10.1. The maximum absolute atomic E-state index is 12.7. The van der Waals surface area contributed by atoms with E-state index in [1.165, 1.54) is 0 Å². The minimum absolute atomic E-state index is 0.0506. The number of fused-ring (bicyclic) bond motifs is 2. The van der Waals surface area contributed by atoms with Crippen molar-refractivity contribution in [2.24, 2.45) is 7.05 Å². The molecule has 0 unspecified atom stereocenters. The van der Waals surface area contributed by atoms with Gasteiger partial charge in [-0.05, 0) is 18.6 Å². The van der Waals surface area contributed by atoms with Gasteiger partial charge in [-0.25, -0.2) is 4.68 Å². The van der Waals surface area contributed by atoms with Crippen molar-refractivity contribution >= 4 is 28.5 Å². The number of carbonyl (C=O) groups excluding carboxylic acids is 2. The van der Waals surface area contributed by atoms with E-state index in [1.807, 2.05) is 54.2 Å². The van der Waals surface area contributed by atoms with Gasteiger partial charge < -0.3 is 14.6 Å². The van der Waals surface area contributed by atoms with Gasteiger partial charge in [-0.2, -0.15) is 5.10 Å². The van der Waals surface area contributed by atoms with Gasteiger partial charge in [-0.1, -0.05) is 36.4 Å². The number of anilines is 1. The van der Waals surface area contributed by atoms with Crippen LogP contribution in [-0.4, -0.2) is 39.8 Å². The third kappa shape index (κ3) is 4.51. The second kappa shape index (κ2) is 9.66. The molecule has 0 radical (unpaired) electrons. The summed E-state index contributed by atoms with van der Waals surface area (Å²) in [5.41, 5.74) is 3.97. The average molecular weight is 472 g/mol. The van der Waals surface area contributed by atoms with Gasteiger partial charge in [0, 0.05) is 67.3 Å². The number of hydrogen-bond acceptors (Lipinski definition) is 4. The van der Waals surface area contributed by atoms with E-state index >= 15 is 0 Å². The van der Waals surface area contributed by atoms with Crippen molar-refractivity contribution in [1.82, 2.24) is 19.7 Å². The third-order valence-electron chi connectivity index (χ3n) is 6.50. The van der Waals surface area contributed by atoms with Crippen LogP contribution >= 0.6 is 0 Å². The van der Waals surface area contributed by atoms with Gasteiger partial charge in [0.15, 0.2) is 0 Å². The molecule has 35 heavy (non-hydrogen) atoms. The molecule has 1 N–H and O–H groups in total. The first kappa shape index (κ1) is 22.7. The molecule has 180 valence electrons. The monoisotopic (exact) mass is 471 g/mol. The summed E-state index contributed by atoms with van der Waals surface area (Å²) in [7, 11) is 3.64. The van der Waals surface area contributed by atoms with Crippen molar-refractivity contribution in [2.75, 3.05) is 18.6 Å². The molecule has 2 aromatic carbocycles. The fraction of sp³-hybridized carbons (Fsp3) is 0.296. The van der Waals surface area contributed by atoms with E-state index in [9.17, 15) is 9.59 Å². The maximum Gasteiger partial charge on any atom is 0.229 e. The predicted octanol–water partition coefficient (Wildman–Crippen LogP) is 3.88. The van der Waals surface area contributed by atoms with Gasteiger partial charge in [0.25, 0.3) is 0 Å². The van der Waals surface area contributed by atoms with E-state index in [-0.39, 0.29) is 11.8 Å². The Morgan fingerprint density at radius 3 is 2.80 bits per heavy atom. The molecule has 0 aliphatic carbocycles. The zero-order chi connectivity index (χ0) is 24.4. The molecule has 0 saturated heterocycles. The SMILES string of the molecule is COc1ccccc1CNC(=O)CCCN1C(=O)CCn2nc(-c3cn(C)c4ccccc34)cc21. The number of ether oxygens (including phenoxy) is 1. The van der Waals surface area contributed by atoms with Crippen LogP contribution in [0.2, 0.25) is 0 Å². The second-order valence-electron chi connectivity index (χ2n) is 8.77. The summed E-state index contributed by atoms with van der Waals surface area (Å²) in [5.74, 6) is 1.56. The molecule has 4 aromatic rings. The highest BCUT2D eigenvalue weighted by Crippen LogP contribution is 2.33. The molecule has 2 amide bonds. The predicted molar refractivity (Wildman–Crippen MR) is 135 cm³/mol. The number of carbonyl (C=O) groups is 2. The van der Waals surface area contributed by atoms with E-state index in [0.29, 0.717) is 38.9 Å². The lowest BCUT2D eigenvalue weighted by Crippen LogP contribution is -2.38. The van der Waals surface area contributed by atoms with Crippen LogP contribution in [0.4, 0.5) is 5.82 Å². The van der Waals surface area contributed by atoms with E-state index in [1.54, 1.807) is 12.0 Å². The van der Waals surface area contributed by atoms with Crippen LogP contribution in [0.1, 0.15) is 24.8 Å². The summed E-state index contributed by atoms with van der Waals surface area (Å²) in [5, 5.41) is 8.89. The number of nitrogens with one attached hydrogen (secondary N) is 1. The number of hydrogen-bond donors (Lipinski definition) is 1. The van der Waals surface area contributed by atoms with Crippen molar-refractivity contribution in [3.05, 3.63) is 66.4 Å². The first-order chi connectivity index (χ1) is 17.0. The van der Waals surface area contributed by atoms with Gasteiger partial charge in [-0.15, -0.1) is 0 Å². The molecule has 8 nitrogen and oxygen atoms in total. The Morgan fingerprint density at radius 1 is 1.14 bits per heavy atom. The zero-order valence-corrected chi connectivity index (χ0v) is 20.0. The van der Waals surface area contributed by atoms with Gasteiger partial charge in [0.2, 0.25) is 11.8 Å². The fourth-order valence-electron chi connectivity index (χ4n) is 4.70. The quantitative estimate of drug-likeness (QED) is 0.423. The molecular formula is C27H29N5O3. The van der Waals surface area contributed by atoms with Crippen molar-refractivity contribution < 1.29 is 14.3 Å². The van der Waals surface area contributed by atoms with Gasteiger partial charge in [0.05, 0.1) is 19.3 Å². The molecule has 1 aliphatic rings. The normalized spacial score (nSPS) is 13.2. The molecule has 2 aromatic heterocycles. The molecule has 5 rings (SSSR count). The molecule has 0 saturated carbocycles. The van der Waals surface area contributed by atoms with Crippen molar-refractivity contribution in [2.45, 2.75) is 32.4 Å².